The minimum absolute atomic E-state index is 0.0550. The van der Waals surface area contributed by atoms with Gasteiger partial charge >= 0.3 is 12.1 Å². The van der Waals surface area contributed by atoms with Gasteiger partial charge in [-0.1, -0.05) is 0 Å². The van der Waals surface area contributed by atoms with Gasteiger partial charge in [0, 0.05) is 18.0 Å². The Balaban J connectivity index is 1.81. The summed E-state index contributed by atoms with van der Waals surface area (Å²) in [7, 11) is 1.37. The van der Waals surface area contributed by atoms with Crippen molar-refractivity contribution >= 4 is 35.6 Å². The zero-order chi connectivity index (χ0) is 24.4. The maximum Gasteiger partial charge on any atom is 0.410 e. The molecule has 0 spiro atoms. The Kier molecular flexibility index (Phi) is 7.45. The molecule has 1 aliphatic carbocycles. The Hall–Kier alpha value is -2.49. The predicted molar refractivity (Wildman–Crippen MR) is 122 cm³/mol. The van der Waals surface area contributed by atoms with Crippen molar-refractivity contribution in [2.75, 3.05) is 20.2 Å². The monoisotopic (exact) mass is 479 g/mol. The number of carbonyl (C=O) groups is 4. The molecule has 10 heteroatoms. The molecule has 0 bridgehead atoms. The van der Waals surface area contributed by atoms with Crippen molar-refractivity contribution in [1.29, 1.82) is 0 Å². The van der Waals surface area contributed by atoms with Crippen molar-refractivity contribution in [1.82, 2.24) is 9.88 Å². The van der Waals surface area contributed by atoms with E-state index in [9.17, 15) is 19.2 Å². The molecule has 1 saturated carbocycles. The highest BCUT2D eigenvalue weighted by molar-refractivity contribution is 7.13. The lowest BCUT2D eigenvalue weighted by molar-refractivity contribution is -0.147. The zero-order valence-electron chi connectivity index (χ0n) is 19.7. The maximum atomic E-state index is 12.4. The van der Waals surface area contributed by atoms with Crippen molar-refractivity contribution in [3.63, 3.8) is 0 Å². The fourth-order valence-electron chi connectivity index (χ4n) is 4.67. The minimum atomic E-state index is -0.855. The fraction of sp³-hybridized carbons (Fsp3) is 0.696. The lowest BCUT2D eigenvalue weighted by Crippen LogP contribution is -2.42. The molecule has 0 atom stereocenters. The Labute approximate surface area is 198 Å². The molecule has 2 amide bonds. The quantitative estimate of drug-likeness (QED) is 0.507. The van der Waals surface area contributed by atoms with E-state index < -0.39 is 16.9 Å². The minimum Gasteiger partial charge on any atom is -0.469 e. The lowest BCUT2D eigenvalue weighted by Gasteiger charge is -2.37. The van der Waals surface area contributed by atoms with E-state index in [0.717, 1.165) is 11.2 Å². The molecular weight excluding hydrogens is 446 g/mol. The summed E-state index contributed by atoms with van der Waals surface area (Å²) < 4.78 is 10.3. The van der Waals surface area contributed by atoms with Crippen molar-refractivity contribution < 1.29 is 28.7 Å². The van der Waals surface area contributed by atoms with Gasteiger partial charge in [-0.2, -0.15) is 0 Å². The summed E-state index contributed by atoms with van der Waals surface area (Å²) >= 11 is 1.24. The number of rotatable bonds is 5. The molecule has 2 aliphatic rings. The van der Waals surface area contributed by atoms with Crippen LogP contribution in [0.1, 0.15) is 85.6 Å². The predicted octanol–water partition coefficient (Wildman–Crippen LogP) is 3.16. The average Bonchev–Trinajstić information content (AvgIpc) is 3.24. The van der Waals surface area contributed by atoms with Crippen LogP contribution in [0.15, 0.2) is 0 Å². The molecule has 182 valence electrons. The van der Waals surface area contributed by atoms with Crippen molar-refractivity contribution in [2.45, 2.75) is 76.2 Å². The van der Waals surface area contributed by atoms with E-state index in [1.54, 1.807) is 4.90 Å². The molecule has 9 nitrogen and oxygen atoms in total. The third-order valence-corrected chi connectivity index (χ3v) is 7.72. The molecule has 2 heterocycles. The number of ether oxygens (including phenoxy) is 2. The molecule has 2 N–H and O–H groups in total. The van der Waals surface area contributed by atoms with Gasteiger partial charge in [0.15, 0.2) is 5.01 Å². The molecule has 1 aliphatic heterocycles. The number of primary amides is 1. The smallest absolute Gasteiger partial charge is 0.410 e. The van der Waals surface area contributed by atoms with Gasteiger partial charge in [0.2, 0.25) is 0 Å². The molecule has 0 unspecified atom stereocenters. The SMILES string of the molecule is COC(=O)C1CCC(C=O)(c2nc(C(N)=O)sc2C2CCN(C(=O)OC(C)(C)C)CC2)CC1. The second-order valence-electron chi connectivity index (χ2n) is 9.91. The van der Waals surface area contributed by atoms with Crippen molar-refractivity contribution in [3.8, 4) is 0 Å². The highest BCUT2D eigenvalue weighted by atomic mass is 32.1. The first-order valence-electron chi connectivity index (χ1n) is 11.3. The molecule has 1 aromatic heterocycles. The summed E-state index contributed by atoms with van der Waals surface area (Å²) in [5.74, 6) is -1.07. The van der Waals surface area contributed by atoms with E-state index >= 15 is 0 Å². The van der Waals surface area contributed by atoms with Crippen LogP contribution in [0, 0.1) is 5.92 Å². The summed E-state index contributed by atoms with van der Waals surface area (Å²) in [6, 6.07) is 0. The number of thiazole rings is 1. The number of hydrogen-bond acceptors (Lipinski definition) is 8. The molecule has 0 radical (unpaired) electrons. The van der Waals surface area contributed by atoms with Crippen LogP contribution in [-0.2, 0) is 24.5 Å². The largest absolute Gasteiger partial charge is 0.469 e. The van der Waals surface area contributed by atoms with Crippen LogP contribution in [0.2, 0.25) is 0 Å². The second kappa shape index (κ2) is 9.79. The number of amides is 2. The van der Waals surface area contributed by atoms with Crippen molar-refractivity contribution in [3.05, 3.63) is 15.6 Å². The number of carbonyl (C=O) groups excluding carboxylic acids is 4. The number of methoxy groups -OCH3 is 1. The van der Waals surface area contributed by atoms with E-state index in [1.165, 1.54) is 18.4 Å². The number of nitrogens with zero attached hydrogens (tertiary/aromatic N) is 2. The number of piperidine rings is 1. The van der Waals surface area contributed by atoms with Gasteiger partial charge in [0.05, 0.1) is 24.1 Å². The van der Waals surface area contributed by atoms with E-state index in [4.69, 9.17) is 15.2 Å². The van der Waals surface area contributed by atoms with Crippen LogP contribution in [0.25, 0.3) is 0 Å². The molecular formula is C23H33N3O6S. The van der Waals surface area contributed by atoms with Crippen LogP contribution < -0.4 is 5.73 Å². The molecule has 3 rings (SSSR count). The van der Waals surface area contributed by atoms with Crippen LogP contribution in [0.4, 0.5) is 4.79 Å². The first-order chi connectivity index (χ1) is 15.5. The number of aromatic nitrogens is 1. The topological polar surface area (TPSA) is 129 Å². The van der Waals surface area contributed by atoms with Gasteiger partial charge in [-0.05, 0) is 65.2 Å². The van der Waals surface area contributed by atoms with Gasteiger partial charge in [-0.3, -0.25) is 9.59 Å². The highest BCUT2D eigenvalue weighted by Gasteiger charge is 2.44. The Morgan fingerprint density at radius 2 is 1.76 bits per heavy atom. The first-order valence-corrected chi connectivity index (χ1v) is 12.1. The van der Waals surface area contributed by atoms with Gasteiger partial charge in [-0.15, -0.1) is 11.3 Å². The Bertz CT molecular complexity index is 906. The fourth-order valence-corrected chi connectivity index (χ4v) is 5.86. The Morgan fingerprint density at radius 3 is 2.24 bits per heavy atom. The average molecular weight is 480 g/mol. The third kappa shape index (κ3) is 5.54. The summed E-state index contributed by atoms with van der Waals surface area (Å²) in [4.78, 5) is 55.8. The number of aldehydes is 1. The number of nitrogens with two attached hydrogens (primary N) is 1. The van der Waals surface area contributed by atoms with Crippen LogP contribution >= 0.6 is 11.3 Å². The second-order valence-corrected chi connectivity index (χ2v) is 10.9. The molecule has 33 heavy (non-hydrogen) atoms. The van der Waals surface area contributed by atoms with Crippen LogP contribution in [0.3, 0.4) is 0 Å². The molecule has 1 saturated heterocycles. The third-order valence-electron chi connectivity index (χ3n) is 6.49. The summed E-state index contributed by atoms with van der Waals surface area (Å²) in [5.41, 5.74) is 4.72. The molecule has 0 aromatic carbocycles. The van der Waals surface area contributed by atoms with E-state index in [1.807, 2.05) is 20.8 Å². The van der Waals surface area contributed by atoms with Crippen LogP contribution in [0.5, 0.6) is 0 Å². The summed E-state index contributed by atoms with van der Waals surface area (Å²) in [5, 5.41) is 0.186. The number of hydrogen-bond donors (Lipinski definition) is 1. The number of esters is 1. The number of likely N-dealkylation sites (tertiary alicyclic amines) is 1. The standard InChI is InChI=1S/C23H33N3O6S/c1-22(2,3)32-21(30)26-11-7-14(8-12-26)16-17(25-19(33-16)18(24)28)23(13-27)9-5-15(6-10-23)20(29)31-4/h13-15H,5-12H2,1-4H3,(H2,24,28). The molecule has 2 fully saturated rings. The molecule has 1 aromatic rings. The van der Waals surface area contributed by atoms with Gasteiger partial charge < -0.3 is 24.9 Å². The van der Waals surface area contributed by atoms with Gasteiger partial charge in [-0.25, -0.2) is 9.78 Å². The summed E-state index contributed by atoms with van der Waals surface area (Å²) in [6.07, 6.45) is 3.88. The lowest BCUT2D eigenvalue weighted by atomic mass is 9.68. The normalized spacial score (nSPS) is 24.2. The van der Waals surface area contributed by atoms with E-state index in [0.29, 0.717) is 57.3 Å². The van der Waals surface area contributed by atoms with Crippen LogP contribution in [-0.4, -0.2) is 59.9 Å². The Morgan fingerprint density at radius 1 is 1.15 bits per heavy atom. The zero-order valence-corrected chi connectivity index (χ0v) is 20.5. The van der Waals surface area contributed by atoms with E-state index in [2.05, 4.69) is 4.98 Å². The summed E-state index contributed by atoms with van der Waals surface area (Å²) in [6.45, 7) is 6.53. The van der Waals surface area contributed by atoms with Crippen molar-refractivity contribution in [2.24, 2.45) is 11.7 Å². The van der Waals surface area contributed by atoms with Gasteiger partial charge in [0.25, 0.3) is 5.91 Å². The van der Waals surface area contributed by atoms with E-state index in [-0.39, 0.29) is 28.9 Å². The van der Waals surface area contributed by atoms with Gasteiger partial charge in [0.1, 0.15) is 11.9 Å². The first kappa shape index (κ1) is 25.1. The highest BCUT2D eigenvalue weighted by Crippen LogP contribution is 2.46. The maximum absolute atomic E-state index is 12.4.